The number of rotatable bonds is 7. The smallest absolute Gasteiger partial charge is 0.240 e. The van der Waals surface area contributed by atoms with Crippen molar-refractivity contribution in [3.63, 3.8) is 0 Å². The minimum absolute atomic E-state index is 0.205. The van der Waals surface area contributed by atoms with Gasteiger partial charge < -0.3 is 10.6 Å². The number of carbonyl (C=O) groups is 1. The predicted molar refractivity (Wildman–Crippen MR) is 70.9 cm³/mol. The van der Waals surface area contributed by atoms with Crippen LogP contribution in [0.2, 0.25) is 0 Å². The summed E-state index contributed by atoms with van der Waals surface area (Å²) < 4.78 is 0. The van der Waals surface area contributed by atoms with Crippen molar-refractivity contribution in [2.75, 3.05) is 25.1 Å². The van der Waals surface area contributed by atoms with E-state index in [0.717, 1.165) is 38.8 Å². The Kier molecular flexibility index (Phi) is 6.21. The molecule has 1 aliphatic heterocycles. The Labute approximate surface area is 103 Å². The summed E-state index contributed by atoms with van der Waals surface area (Å²) in [5.41, 5.74) is -0.264. The van der Waals surface area contributed by atoms with E-state index < -0.39 is 0 Å². The van der Waals surface area contributed by atoms with Gasteiger partial charge in [-0.3, -0.25) is 4.79 Å². The van der Waals surface area contributed by atoms with E-state index in [4.69, 9.17) is 0 Å². The maximum absolute atomic E-state index is 12.1. The molecule has 0 aromatic carbocycles. The van der Waals surface area contributed by atoms with Gasteiger partial charge in [0.05, 0.1) is 5.54 Å². The molecule has 1 atom stereocenters. The minimum atomic E-state index is -0.264. The van der Waals surface area contributed by atoms with Crippen molar-refractivity contribution in [2.24, 2.45) is 0 Å². The number of hydrogen-bond donors (Lipinski definition) is 2. The molecule has 1 amide bonds. The van der Waals surface area contributed by atoms with Gasteiger partial charge in [0.2, 0.25) is 5.91 Å². The van der Waals surface area contributed by atoms with Gasteiger partial charge in [-0.25, -0.2) is 0 Å². The molecule has 1 unspecified atom stereocenters. The van der Waals surface area contributed by atoms with Gasteiger partial charge in [0.1, 0.15) is 0 Å². The number of thioether (sulfide) groups is 1. The molecule has 0 spiro atoms. The highest BCUT2D eigenvalue weighted by molar-refractivity contribution is 7.98. The van der Waals surface area contributed by atoms with Crippen LogP contribution in [-0.4, -0.2) is 36.5 Å². The van der Waals surface area contributed by atoms with Gasteiger partial charge >= 0.3 is 0 Å². The maximum atomic E-state index is 12.1. The van der Waals surface area contributed by atoms with Crippen LogP contribution in [-0.2, 0) is 4.79 Å². The fourth-order valence-electron chi connectivity index (χ4n) is 2.20. The average molecular weight is 244 g/mol. The second-order valence-electron chi connectivity index (χ2n) is 4.42. The first-order valence-corrected chi connectivity index (χ1v) is 7.67. The molecule has 4 heteroatoms. The van der Waals surface area contributed by atoms with Gasteiger partial charge in [-0.1, -0.05) is 6.92 Å². The molecule has 94 valence electrons. The van der Waals surface area contributed by atoms with E-state index in [2.05, 4.69) is 23.8 Å². The van der Waals surface area contributed by atoms with Crippen LogP contribution in [0.25, 0.3) is 0 Å². The molecule has 2 N–H and O–H groups in total. The molecule has 1 rings (SSSR count). The standard InChI is InChI=1S/C12H24N2OS/c1-3-12(7-6-9-14-12)11(15)13-8-4-5-10-16-2/h14H,3-10H2,1-2H3,(H,13,15). The lowest BCUT2D eigenvalue weighted by molar-refractivity contribution is -0.127. The minimum Gasteiger partial charge on any atom is -0.354 e. The summed E-state index contributed by atoms with van der Waals surface area (Å²) in [5, 5.41) is 6.42. The van der Waals surface area contributed by atoms with E-state index >= 15 is 0 Å². The molecule has 0 radical (unpaired) electrons. The second-order valence-corrected chi connectivity index (χ2v) is 5.41. The zero-order valence-electron chi connectivity index (χ0n) is 10.5. The molecule has 0 aliphatic carbocycles. The van der Waals surface area contributed by atoms with Crippen LogP contribution in [0.15, 0.2) is 0 Å². The van der Waals surface area contributed by atoms with Crippen LogP contribution in [0.4, 0.5) is 0 Å². The van der Waals surface area contributed by atoms with E-state index in [0.29, 0.717) is 0 Å². The van der Waals surface area contributed by atoms with E-state index in [9.17, 15) is 4.79 Å². The first-order valence-electron chi connectivity index (χ1n) is 6.27. The van der Waals surface area contributed by atoms with Crippen molar-refractivity contribution in [1.29, 1.82) is 0 Å². The monoisotopic (exact) mass is 244 g/mol. The highest BCUT2D eigenvalue weighted by atomic mass is 32.2. The molecule has 0 bridgehead atoms. The molecule has 16 heavy (non-hydrogen) atoms. The van der Waals surface area contributed by atoms with Gasteiger partial charge in [-0.15, -0.1) is 0 Å². The van der Waals surface area contributed by atoms with Crippen LogP contribution < -0.4 is 10.6 Å². The maximum Gasteiger partial charge on any atom is 0.240 e. The number of unbranched alkanes of at least 4 members (excludes halogenated alkanes) is 1. The molecule has 1 saturated heterocycles. The molecule has 0 saturated carbocycles. The Morgan fingerprint density at radius 2 is 2.31 bits per heavy atom. The van der Waals surface area contributed by atoms with Gasteiger partial charge in [-0.05, 0) is 50.7 Å². The van der Waals surface area contributed by atoms with Crippen LogP contribution in [0.5, 0.6) is 0 Å². The summed E-state index contributed by atoms with van der Waals surface area (Å²) in [5.74, 6) is 1.39. The Hall–Kier alpha value is -0.220. The Morgan fingerprint density at radius 1 is 1.50 bits per heavy atom. The summed E-state index contributed by atoms with van der Waals surface area (Å²) in [6.45, 7) is 3.89. The third-order valence-electron chi connectivity index (χ3n) is 3.34. The fraction of sp³-hybridized carbons (Fsp3) is 0.917. The predicted octanol–water partition coefficient (Wildman–Crippen LogP) is 1.78. The molecule has 1 heterocycles. The molecular formula is C12H24N2OS. The van der Waals surface area contributed by atoms with E-state index in [1.165, 1.54) is 12.2 Å². The highest BCUT2D eigenvalue weighted by Gasteiger charge is 2.38. The molecule has 0 aromatic rings. The van der Waals surface area contributed by atoms with Gasteiger partial charge in [0.15, 0.2) is 0 Å². The zero-order valence-corrected chi connectivity index (χ0v) is 11.3. The highest BCUT2D eigenvalue weighted by Crippen LogP contribution is 2.22. The van der Waals surface area contributed by atoms with Gasteiger partial charge in [0.25, 0.3) is 0 Å². The van der Waals surface area contributed by atoms with Crippen LogP contribution in [0, 0.1) is 0 Å². The third-order valence-corrected chi connectivity index (χ3v) is 4.04. The summed E-state index contributed by atoms with van der Waals surface area (Å²) in [7, 11) is 0. The summed E-state index contributed by atoms with van der Waals surface area (Å²) in [6.07, 6.45) is 7.39. The summed E-state index contributed by atoms with van der Waals surface area (Å²) >= 11 is 1.86. The topological polar surface area (TPSA) is 41.1 Å². The lowest BCUT2D eigenvalue weighted by Gasteiger charge is -2.26. The van der Waals surface area contributed by atoms with Crippen LogP contribution >= 0.6 is 11.8 Å². The largest absolute Gasteiger partial charge is 0.354 e. The lowest BCUT2D eigenvalue weighted by atomic mass is 9.93. The molecular weight excluding hydrogens is 220 g/mol. The van der Waals surface area contributed by atoms with Gasteiger partial charge in [-0.2, -0.15) is 11.8 Å². The lowest BCUT2D eigenvalue weighted by Crippen LogP contribution is -2.53. The number of hydrogen-bond acceptors (Lipinski definition) is 3. The van der Waals surface area contributed by atoms with E-state index in [-0.39, 0.29) is 11.4 Å². The number of nitrogens with one attached hydrogen (secondary N) is 2. The number of amides is 1. The zero-order chi connectivity index (χ0) is 11.9. The molecule has 3 nitrogen and oxygen atoms in total. The van der Waals surface area contributed by atoms with Crippen molar-refractivity contribution in [2.45, 2.75) is 44.6 Å². The van der Waals surface area contributed by atoms with Crippen molar-refractivity contribution in [1.82, 2.24) is 10.6 Å². The Morgan fingerprint density at radius 3 is 2.88 bits per heavy atom. The quantitative estimate of drug-likeness (QED) is 0.671. The first kappa shape index (κ1) is 13.8. The van der Waals surface area contributed by atoms with Crippen molar-refractivity contribution in [3.8, 4) is 0 Å². The van der Waals surface area contributed by atoms with E-state index in [1.54, 1.807) is 0 Å². The number of carbonyl (C=O) groups excluding carboxylic acids is 1. The Bertz CT molecular complexity index is 215. The van der Waals surface area contributed by atoms with Crippen molar-refractivity contribution in [3.05, 3.63) is 0 Å². The third kappa shape index (κ3) is 3.67. The summed E-state index contributed by atoms with van der Waals surface area (Å²) in [4.78, 5) is 12.1. The first-order chi connectivity index (χ1) is 7.75. The summed E-state index contributed by atoms with van der Waals surface area (Å²) in [6, 6.07) is 0. The van der Waals surface area contributed by atoms with Crippen LogP contribution in [0.1, 0.15) is 39.0 Å². The van der Waals surface area contributed by atoms with Gasteiger partial charge in [0, 0.05) is 6.54 Å². The Balaban J connectivity index is 2.22. The molecule has 1 fully saturated rings. The molecule has 0 aromatic heterocycles. The average Bonchev–Trinajstić information content (AvgIpc) is 2.78. The van der Waals surface area contributed by atoms with Crippen LogP contribution in [0.3, 0.4) is 0 Å². The SMILES string of the molecule is CCC1(C(=O)NCCCCSC)CCCN1. The second kappa shape index (κ2) is 7.17. The van der Waals surface area contributed by atoms with E-state index in [1.807, 2.05) is 11.8 Å². The van der Waals surface area contributed by atoms with Crippen molar-refractivity contribution < 1.29 is 4.79 Å². The molecule has 1 aliphatic rings. The normalized spacial score (nSPS) is 24.6. The van der Waals surface area contributed by atoms with Crippen molar-refractivity contribution >= 4 is 17.7 Å². The fourth-order valence-corrected chi connectivity index (χ4v) is 2.70.